The molecule has 1 aliphatic heterocycles. The van der Waals surface area contributed by atoms with Crippen molar-refractivity contribution in [2.45, 2.75) is 19.3 Å². The van der Waals surface area contributed by atoms with E-state index in [0.29, 0.717) is 18.9 Å². The predicted octanol–water partition coefficient (Wildman–Crippen LogP) is 1.02. The number of nitrogens with one attached hydrogen (secondary N) is 1. The fourth-order valence-electron chi connectivity index (χ4n) is 1.57. The minimum absolute atomic E-state index is 0.213. The van der Waals surface area contributed by atoms with Gasteiger partial charge in [0.1, 0.15) is 0 Å². The minimum atomic E-state index is -0.530. The second kappa shape index (κ2) is 5.27. The number of nitrogens with two attached hydrogens (primary N) is 1. The molecule has 0 radical (unpaired) electrons. The van der Waals surface area contributed by atoms with Crippen molar-refractivity contribution in [3.63, 3.8) is 0 Å². The van der Waals surface area contributed by atoms with Gasteiger partial charge in [0.05, 0.1) is 19.3 Å². The minimum Gasteiger partial charge on any atom is -0.346 e. The zero-order valence-corrected chi connectivity index (χ0v) is 9.68. The van der Waals surface area contributed by atoms with E-state index in [1.54, 1.807) is 13.0 Å². The van der Waals surface area contributed by atoms with Gasteiger partial charge in [-0.3, -0.25) is 4.79 Å². The van der Waals surface area contributed by atoms with E-state index in [0.717, 1.165) is 5.56 Å². The molecule has 3 N–H and O–H groups in total. The zero-order valence-electron chi connectivity index (χ0n) is 9.68. The summed E-state index contributed by atoms with van der Waals surface area (Å²) in [7, 11) is 0. The summed E-state index contributed by atoms with van der Waals surface area (Å²) in [4.78, 5) is 11.4. The number of amides is 1. The Morgan fingerprint density at radius 1 is 1.47 bits per heavy atom. The number of carbonyl (C=O) groups excluding carboxylic acids is 1. The lowest BCUT2D eigenvalue weighted by Gasteiger charge is -2.12. The number of benzene rings is 1. The van der Waals surface area contributed by atoms with Crippen molar-refractivity contribution in [1.82, 2.24) is 0 Å². The van der Waals surface area contributed by atoms with E-state index in [9.17, 15) is 4.79 Å². The second-order valence-corrected chi connectivity index (χ2v) is 3.98. The number of anilines is 1. The maximum absolute atomic E-state index is 11.4. The predicted molar refractivity (Wildman–Crippen MR) is 63.4 cm³/mol. The fourth-order valence-corrected chi connectivity index (χ4v) is 1.57. The molecular formula is C12H16N2O3. The van der Waals surface area contributed by atoms with Gasteiger partial charge in [-0.1, -0.05) is 12.1 Å². The Hall–Kier alpha value is -1.43. The van der Waals surface area contributed by atoms with Gasteiger partial charge in [0.15, 0.2) is 6.29 Å². The Bertz CT molecular complexity index is 400. The lowest BCUT2D eigenvalue weighted by Crippen LogP contribution is -2.32. The van der Waals surface area contributed by atoms with E-state index in [2.05, 4.69) is 5.32 Å². The fraction of sp³-hybridized carbons (Fsp3) is 0.417. The Morgan fingerprint density at radius 3 is 2.82 bits per heavy atom. The van der Waals surface area contributed by atoms with Gasteiger partial charge in [-0.15, -0.1) is 0 Å². The van der Waals surface area contributed by atoms with Crippen LogP contribution in [0.4, 0.5) is 5.69 Å². The van der Waals surface area contributed by atoms with Gasteiger partial charge in [0, 0.05) is 11.3 Å². The van der Waals surface area contributed by atoms with Gasteiger partial charge < -0.3 is 20.5 Å². The van der Waals surface area contributed by atoms with Crippen LogP contribution in [0.2, 0.25) is 0 Å². The SMILES string of the molecule is C[C@H](N)C(=O)Nc1cccc(C2OCCO2)c1. The molecule has 1 aromatic rings. The molecule has 0 unspecified atom stereocenters. The summed E-state index contributed by atoms with van der Waals surface area (Å²) >= 11 is 0. The third-order valence-corrected chi connectivity index (χ3v) is 2.46. The molecule has 1 saturated heterocycles. The van der Waals surface area contributed by atoms with Crippen LogP contribution in [0, 0.1) is 0 Å². The van der Waals surface area contributed by atoms with Crippen LogP contribution in [0.5, 0.6) is 0 Å². The smallest absolute Gasteiger partial charge is 0.240 e. The van der Waals surface area contributed by atoms with E-state index < -0.39 is 6.04 Å². The molecule has 1 atom stereocenters. The zero-order chi connectivity index (χ0) is 12.3. The lowest BCUT2D eigenvalue weighted by atomic mass is 10.2. The molecule has 17 heavy (non-hydrogen) atoms. The number of carbonyl (C=O) groups is 1. The topological polar surface area (TPSA) is 73.6 Å². The summed E-state index contributed by atoms with van der Waals surface area (Å²) in [6.45, 7) is 2.84. The van der Waals surface area contributed by atoms with Crippen LogP contribution in [0.3, 0.4) is 0 Å². The molecule has 0 aromatic heterocycles. The largest absolute Gasteiger partial charge is 0.346 e. The van der Waals surface area contributed by atoms with Crippen molar-refractivity contribution in [2.75, 3.05) is 18.5 Å². The molecular weight excluding hydrogens is 220 g/mol. The summed E-state index contributed by atoms with van der Waals surface area (Å²) in [5.74, 6) is -0.213. The number of hydrogen-bond donors (Lipinski definition) is 2. The van der Waals surface area contributed by atoms with E-state index in [1.165, 1.54) is 0 Å². The van der Waals surface area contributed by atoms with Crippen molar-refractivity contribution in [1.29, 1.82) is 0 Å². The quantitative estimate of drug-likeness (QED) is 0.821. The van der Waals surface area contributed by atoms with E-state index in [4.69, 9.17) is 15.2 Å². The highest BCUT2D eigenvalue weighted by Gasteiger charge is 2.18. The first-order chi connectivity index (χ1) is 8.16. The molecule has 2 rings (SSSR count). The molecule has 1 aromatic carbocycles. The maximum atomic E-state index is 11.4. The number of ether oxygens (including phenoxy) is 2. The maximum Gasteiger partial charge on any atom is 0.240 e. The molecule has 5 heteroatoms. The van der Waals surface area contributed by atoms with Crippen molar-refractivity contribution in [3.8, 4) is 0 Å². The summed E-state index contributed by atoms with van der Waals surface area (Å²) in [6.07, 6.45) is -0.331. The molecule has 1 aliphatic rings. The molecule has 0 saturated carbocycles. The van der Waals surface area contributed by atoms with Crippen molar-refractivity contribution < 1.29 is 14.3 Å². The molecule has 1 amide bonds. The van der Waals surface area contributed by atoms with E-state index in [-0.39, 0.29) is 12.2 Å². The number of rotatable bonds is 3. The van der Waals surface area contributed by atoms with Gasteiger partial charge in [-0.05, 0) is 19.1 Å². The van der Waals surface area contributed by atoms with Crippen molar-refractivity contribution in [3.05, 3.63) is 29.8 Å². The molecule has 0 spiro atoms. The van der Waals surface area contributed by atoms with Gasteiger partial charge in [0.25, 0.3) is 0 Å². The average Bonchev–Trinajstić information content (AvgIpc) is 2.82. The summed E-state index contributed by atoms with van der Waals surface area (Å²) in [5.41, 5.74) is 7.07. The van der Waals surface area contributed by atoms with Gasteiger partial charge in [-0.2, -0.15) is 0 Å². The molecule has 92 valence electrons. The third-order valence-electron chi connectivity index (χ3n) is 2.46. The van der Waals surface area contributed by atoms with Crippen LogP contribution in [0.25, 0.3) is 0 Å². The highest BCUT2D eigenvalue weighted by atomic mass is 16.7. The van der Waals surface area contributed by atoms with Crippen LogP contribution in [-0.2, 0) is 14.3 Å². The summed E-state index contributed by atoms with van der Waals surface area (Å²) < 4.78 is 10.8. The first-order valence-electron chi connectivity index (χ1n) is 5.56. The van der Waals surface area contributed by atoms with Crippen LogP contribution in [0.1, 0.15) is 18.8 Å². The van der Waals surface area contributed by atoms with Crippen LogP contribution in [-0.4, -0.2) is 25.2 Å². The third kappa shape index (κ3) is 3.03. The highest BCUT2D eigenvalue weighted by Crippen LogP contribution is 2.25. The van der Waals surface area contributed by atoms with Crippen LogP contribution < -0.4 is 11.1 Å². The molecule has 0 bridgehead atoms. The standard InChI is InChI=1S/C12H16N2O3/c1-8(13)11(15)14-10-4-2-3-9(7-10)12-16-5-6-17-12/h2-4,7-8,12H,5-6,13H2,1H3,(H,14,15)/t8-/m0/s1. The van der Waals surface area contributed by atoms with Gasteiger partial charge in [0.2, 0.25) is 5.91 Å². The Balaban J connectivity index is 2.08. The van der Waals surface area contributed by atoms with Crippen LogP contribution in [0.15, 0.2) is 24.3 Å². The van der Waals surface area contributed by atoms with Crippen LogP contribution >= 0.6 is 0 Å². The highest BCUT2D eigenvalue weighted by molar-refractivity contribution is 5.94. The van der Waals surface area contributed by atoms with Crippen molar-refractivity contribution in [2.24, 2.45) is 5.73 Å². The van der Waals surface area contributed by atoms with E-state index in [1.807, 2.05) is 18.2 Å². The lowest BCUT2D eigenvalue weighted by molar-refractivity contribution is -0.117. The van der Waals surface area contributed by atoms with Crippen molar-refractivity contribution >= 4 is 11.6 Å². The second-order valence-electron chi connectivity index (χ2n) is 3.98. The Labute approximate surface area is 99.9 Å². The Kier molecular flexibility index (Phi) is 3.73. The molecule has 1 fully saturated rings. The van der Waals surface area contributed by atoms with Gasteiger partial charge in [-0.25, -0.2) is 0 Å². The average molecular weight is 236 g/mol. The number of hydrogen-bond acceptors (Lipinski definition) is 4. The molecule has 1 heterocycles. The van der Waals surface area contributed by atoms with E-state index >= 15 is 0 Å². The Morgan fingerprint density at radius 2 is 2.18 bits per heavy atom. The first kappa shape index (κ1) is 12.0. The first-order valence-corrected chi connectivity index (χ1v) is 5.56. The molecule has 0 aliphatic carbocycles. The summed E-state index contributed by atoms with van der Waals surface area (Å²) in [5, 5.41) is 2.73. The summed E-state index contributed by atoms with van der Waals surface area (Å²) in [6, 6.07) is 6.85. The molecule has 5 nitrogen and oxygen atoms in total. The monoisotopic (exact) mass is 236 g/mol. The van der Waals surface area contributed by atoms with Gasteiger partial charge >= 0.3 is 0 Å². The normalized spacial score (nSPS) is 18.0.